The number of hydrogen-bond donors (Lipinski definition) is 1. The predicted molar refractivity (Wildman–Crippen MR) is 77.7 cm³/mol. The van der Waals surface area contributed by atoms with Crippen molar-refractivity contribution in [2.45, 2.75) is 49.8 Å². The van der Waals surface area contributed by atoms with Crippen molar-refractivity contribution in [2.75, 3.05) is 12.8 Å². The third kappa shape index (κ3) is 3.05. The lowest BCUT2D eigenvalue weighted by Gasteiger charge is -2.30. The number of nitrogens with one attached hydrogen (secondary N) is 1. The lowest BCUT2D eigenvalue weighted by Crippen LogP contribution is -2.41. The van der Waals surface area contributed by atoms with Gasteiger partial charge >= 0.3 is 0 Å². The first-order chi connectivity index (χ1) is 9.02. The molecule has 3 aliphatic carbocycles. The van der Waals surface area contributed by atoms with E-state index in [0.717, 1.165) is 50.0 Å². The fourth-order valence-electron chi connectivity index (χ4n) is 4.17. The first kappa shape index (κ1) is 13.6. The molecule has 2 bridgehead atoms. The lowest BCUT2D eigenvalue weighted by atomic mass is 9.91. The van der Waals surface area contributed by atoms with Gasteiger partial charge in [0.05, 0.1) is 5.25 Å². The number of hydrogen-bond acceptors (Lipinski definition) is 3. The lowest BCUT2D eigenvalue weighted by molar-refractivity contribution is 0.328. The van der Waals surface area contributed by atoms with Crippen LogP contribution in [0.2, 0.25) is 0 Å². The first-order valence-electron chi connectivity index (χ1n) is 7.63. The van der Waals surface area contributed by atoms with Gasteiger partial charge < -0.3 is 5.32 Å². The molecule has 5 unspecified atom stereocenters. The molecule has 5 atom stereocenters. The van der Waals surface area contributed by atoms with Gasteiger partial charge in [-0.3, -0.25) is 0 Å². The van der Waals surface area contributed by atoms with Gasteiger partial charge in [-0.15, -0.1) is 0 Å². The molecule has 3 rings (SSSR count). The van der Waals surface area contributed by atoms with Crippen molar-refractivity contribution in [1.82, 2.24) is 5.32 Å². The smallest absolute Gasteiger partial charge is 0.150 e. The zero-order valence-corrected chi connectivity index (χ0v) is 12.5. The van der Waals surface area contributed by atoms with Crippen LogP contribution in [0.3, 0.4) is 0 Å². The molecule has 0 aromatic rings. The molecule has 0 aromatic carbocycles. The molecule has 0 radical (unpaired) electrons. The maximum absolute atomic E-state index is 11.7. The molecule has 1 N–H and O–H groups in total. The average molecular weight is 283 g/mol. The molecule has 108 valence electrons. The van der Waals surface area contributed by atoms with E-state index in [1.165, 1.54) is 19.1 Å². The Kier molecular flexibility index (Phi) is 3.73. The molecule has 19 heavy (non-hydrogen) atoms. The van der Waals surface area contributed by atoms with E-state index in [9.17, 15) is 8.42 Å². The summed E-state index contributed by atoms with van der Waals surface area (Å²) in [5, 5.41) is 3.54. The second kappa shape index (κ2) is 5.21. The number of rotatable bonds is 4. The van der Waals surface area contributed by atoms with E-state index >= 15 is 0 Å². The number of fused-ring (bicyclic) bond motifs is 2. The number of sulfone groups is 1. The minimum atomic E-state index is -2.86. The summed E-state index contributed by atoms with van der Waals surface area (Å²) in [5.74, 6) is 2.40. The Morgan fingerprint density at radius 3 is 2.63 bits per heavy atom. The van der Waals surface area contributed by atoms with E-state index in [2.05, 4.69) is 17.5 Å². The molecule has 2 saturated carbocycles. The second-order valence-corrected chi connectivity index (χ2v) is 9.09. The topological polar surface area (TPSA) is 46.2 Å². The Balaban J connectivity index is 1.49. The summed E-state index contributed by atoms with van der Waals surface area (Å²) in [5.41, 5.74) is 0. The van der Waals surface area contributed by atoms with E-state index in [0.29, 0.717) is 6.04 Å². The van der Waals surface area contributed by atoms with Gasteiger partial charge in [-0.2, -0.15) is 0 Å². The summed E-state index contributed by atoms with van der Waals surface area (Å²) >= 11 is 0. The molecule has 0 amide bonds. The molecule has 0 heterocycles. The molecular weight excluding hydrogens is 258 g/mol. The molecule has 2 fully saturated rings. The van der Waals surface area contributed by atoms with Gasteiger partial charge in [-0.05, 0) is 56.4 Å². The van der Waals surface area contributed by atoms with E-state index in [1.807, 2.05) is 0 Å². The third-order valence-electron chi connectivity index (χ3n) is 5.32. The molecule has 0 spiro atoms. The molecule has 3 aliphatic rings. The van der Waals surface area contributed by atoms with Crippen molar-refractivity contribution in [1.29, 1.82) is 0 Å². The molecule has 0 aliphatic heterocycles. The zero-order chi connectivity index (χ0) is 13.5. The van der Waals surface area contributed by atoms with Crippen LogP contribution in [0.25, 0.3) is 0 Å². The molecule has 4 heteroatoms. The standard InChI is InChI=1S/C15H25NO2S/c1-19(17,18)15-4-2-3-14(9-15)16-10-13-8-11-5-6-12(13)7-11/h5-6,11-16H,2-4,7-10H2,1H3. The van der Waals surface area contributed by atoms with Crippen LogP contribution in [0.4, 0.5) is 0 Å². The maximum atomic E-state index is 11.7. The van der Waals surface area contributed by atoms with Crippen molar-refractivity contribution in [3.63, 3.8) is 0 Å². The van der Waals surface area contributed by atoms with E-state index in [-0.39, 0.29) is 5.25 Å². The van der Waals surface area contributed by atoms with Crippen LogP contribution in [-0.4, -0.2) is 32.5 Å². The Morgan fingerprint density at radius 2 is 2.00 bits per heavy atom. The van der Waals surface area contributed by atoms with Crippen LogP contribution < -0.4 is 5.32 Å². The van der Waals surface area contributed by atoms with Crippen LogP contribution in [0, 0.1) is 17.8 Å². The van der Waals surface area contributed by atoms with Crippen LogP contribution in [0.15, 0.2) is 12.2 Å². The molecule has 3 nitrogen and oxygen atoms in total. The third-order valence-corrected chi connectivity index (χ3v) is 6.96. The van der Waals surface area contributed by atoms with Gasteiger partial charge in [0.15, 0.2) is 0 Å². The summed E-state index contributed by atoms with van der Waals surface area (Å²) < 4.78 is 23.3. The summed E-state index contributed by atoms with van der Waals surface area (Å²) in [6.07, 6.45) is 12.7. The molecule has 0 aromatic heterocycles. The Bertz CT molecular complexity index is 457. The molecular formula is C15H25NO2S. The van der Waals surface area contributed by atoms with Crippen LogP contribution in [0.1, 0.15) is 38.5 Å². The summed E-state index contributed by atoms with van der Waals surface area (Å²) in [7, 11) is -2.86. The van der Waals surface area contributed by atoms with Crippen molar-refractivity contribution < 1.29 is 8.42 Å². The fourth-order valence-corrected chi connectivity index (χ4v) is 5.34. The number of allylic oxidation sites excluding steroid dienone is 2. The van der Waals surface area contributed by atoms with E-state index in [1.54, 1.807) is 0 Å². The Hall–Kier alpha value is -0.350. The van der Waals surface area contributed by atoms with E-state index < -0.39 is 9.84 Å². The quantitative estimate of drug-likeness (QED) is 0.804. The average Bonchev–Trinajstić information content (AvgIpc) is 2.98. The predicted octanol–water partition coefficient (Wildman–Crippen LogP) is 2.14. The van der Waals surface area contributed by atoms with Crippen LogP contribution >= 0.6 is 0 Å². The van der Waals surface area contributed by atoms with Gasteiger partial charge in [0.2, 0.25) is 0 Å². The fraction of sp³-hybridized carbons (Fsp3) is 0.867. The van der Waals surface area contributed by atoms with Gasteiger partial charge in [0.1, 0.15) is 9.84 Å². The maximum Gasteiger partial charge on any atom is 0.150 e. The Labute approximate surface area is 116 Å². The second-order valence-electron chi connectivity index (χ2n) is 6.76. The normalized spacial score (nSPS) is 41.8. The van der Waals surface area contributed by atoms with Crippen molar-refractivity contribution in [3.8, 4) is 0 Å². The monoisotopic (exact) mass is 283 g/mol. The zero-order valence-electron chi connectivity index (χ0n) is 11.7. The summed E-state index contributed by atoms with van der Waals surface area (Å²) in [6.45, 7) is 1.08. The van der Waals surface area contributed by atoms with Gasteiger partial charge in [0.25, 0.3) is 0 Å². The molecule has 0 saturated heterocycles. The van der Waals surface area contributed by atoms with E-state index in [4.69, 9.17) is 0 Å². The Morgan fingerprint density at radius 1 is 1.16 bits per heavy atom. The summed E-state index contributed by atoms with van der Waals surface area (Å²) in [6, 6.07) is 0.414. The van der Waals surface area contributed by atoms with Gasteiger partial charge in [-0.25, -0.2) is 8.42 Å². The SMILES string of the molecule is CS(=O)(=O)C1CCCC(NCC2CC3C=CC2C3)C1. The van der Waals surface area contributed by atoms with Crippen molar-refractivity contribution >= 4 is 9.84 Å². The minimum Gasteiger partial charge on any atom is -0.314 e. The summed E-state index contributed by atoms with van der Waals surface area (Å²) in [4.78, 5) is 0. The highest BCUT2D eigenvalue weighted by Crippen LogP contribution is 2.43. The first-order valence-corrected chi connectivity index (χ1v) is 9.58. The highest BCUT2D eigenvalue weighted by Gasteiger charge is 2.36. The van der Waals surface area contributed by atoms with Crippen molar-refractivity contribution in [2.24, 2.45) is 17.8 Å². The van der Waals surface area contributed by atoms with Gasteiger partial charge in [-0.1, -0.05) is 18.6 Å². The highest BCUT2D eigenvalue weighted by atomic mass is 32.2. The highest BCUT2D eigenvalue weighted by molar-refractivity contribution is 7.91. The van der Waals surface area contributed by atoms with Gasteiger partial charge in [0, 0.05) is 12.3 Å². The van der Waals surface area contributed by atoms with Crippen molar-refractivity contribution in [3.05, 3.63) is 12.2 Å². The van der Waals surface area contributed by atoms with Crippen LogP contribution in [-0.2, 0) is 9.84 Å². The van der Waals surface area contributed by atoms with Crippen LogP contribution in [0.5, 0.6) is 0 Å². The minimum absolute atomic E-state index is 0.112. The largest absolute Gasteiger partial charge is 0.314 e.